The lowest BCUT2D eigenvalue weighted by atomic mass is 10.1. The third kappa shape index (κ3) is 3.37. The maximum Gasteiger partial charge on any atom is 0.208 e. The van der Waals surface area contributed by atoms with Gasteiger partial charge in [-0.1, -0.05) is 25.1 Å². The Kier molecular flexibility index (Phi) is 4.97. The van der Waals surface area contributed by atoms with Crippen LogP contribution in [0.4, 0.5) is 0 Å². The van der Waals surface area contributed by atoms with Crippen LogP contribution in [-0.2, 0) is 9.84 Å². The first-order valence-electron chi connectivity index (χ1n) is 9.43. The number of rotatable bonds is 5. The van der Waals surface area contributed by atoms with Crippen molar-refractivity contribution in [1.82, 2.24) is 9.80 Å². The van der Waals surface area contributed by atoms with Crippen LogP contribution in [0.1, 0.15) is 19.8 Å². The molecule has 0 spiro atoms. The van der Waals surface area contributed by atoms with Gasteiger partial charge in [-0.15, -0.1) is 0 Å². The summed E-state index contributed by atoms with van der Waals surface area (Å²) in [6.07, 6.45) is 5.04. The molecule has 0 N–H and O–H groups in total. The van der Waals surface area contributed by atoms with Crippen molar-refractivity contribution in [3.05, 3.63) is 52.8 Å². The number of hydrogen-bond acceptors (Lipinski definition) is 6. The third-order valence-corrected chi connectivity index (χ3v) is 6.93. The Labute approximate surface area is 160 Å². The van der Waals surface area contributed by atoms with Gasteiger partial charge in [0.05, 0.1) is 16.2 Å². The fourth-order valence-electron chi connectivity index (χ4n) is 3.75. The van der Waals surface area contributed by atoms with Gasteiger partial charge in [-0.2, -0.15) is 0 Å². The van der Waals surface area contributed by atoms with Gasteiger partial charge in [-0.05, 0) is 25.1 Å². The van der Waals surface area contributed by atoms with Gasteiger partial charge in [0.1, 0.15) is 10.7 Å². The first kappa shape index (κ1) is 18.1. The van der Waals surface area contributed by atoms with Gasteiger partial charge in [0.25, 0.3) is 0 Å². The number of aliphatic imine (C=N–C) groups is 2. The van der Waals surface area contributed by atoms with E-state index in [1.165, 1.54) is 6.20 Å². The molecule has 142 valence electrons. The van der Waals surface area contributed by atoms with Crippen molar-refractivity contribution in [1.29, 1.82) is 0 Å². The maximum atomic E-state index is 13.2. The minimum atomic E-state index is -3.62. The topological polar surface area (TPSA) is 65.3 Å². The molecule has 0 unspecified atom stereocenters. The highest BCUT2D eigenvalue weighted by Gasteiger charge is 2.35. The van der Waals surface area contributed by atoms with Gasteiger partial charge in [0, 0.05) is 45.0 Å². The molecule has 0 aliphatic carbocycles. The summed E-state index contributed by atoms with van der Waals surface area (Å²) in [5.41, 5.74) is 1.48. The number of fused-ring (bicyclic) bond motifs is 1. The molecule has 6 nitrogen and oxygen atoms in total. The average Bonchev–Trinajstić information content (AvgIpc) is 3.15. The highest BCUT2D eigenvalue weighted by atomic mass is 32.2. The molecule has 1 saturated heterocycles. The van der Waals surface area contributed by atoms with Crippen molar-refractivity contribution in [3.63, 3.8) is 0 Å². The van der Waals surface area contributed by atoms with E-state index in [1.54, 1.807) is 24.3 Å². The number of hydrogen-bond donors (Lipinski definition) is 0. The molecule has 0 aromatic heterocycles. The van der Waals surface area contributed by atoms with E-state index < -0.39 is 9.84 Å². The number of nitrogens with zero attached hydrogens (tertiary/aromatic N) is 4. The molecular formula is C20H24N4O2S. The maximum absolute atomic E-state index is 13.2. The second kappa shape index (κ2) is 7.40. The van der Waals surface area contributed by atoms with Crippen molar-refractivity contribution >= 4 is 21.8 Å². The lowest BCUT2D eigenvalue weighted by Crippen LogP contribution is -2.46. The monoisotopic (exact) mass is 384 g/mol. The van der Waals surface area contributed by atoms with Crippen LogP contribution in [0, 0.1) is 0 Å². The minimum absolute atomic E-state index is 0.270. The Morgan fingerprint density at radius 1 is 1.07 bits per heavy atom. The van der Waals surface area contributed by atoms with E-state index in [9.17, 15) is 8.42 Å². The predicted molar refractivity (Wildman–Crippen MR) is 108 cm³/mol. The van der Waals surface area contributed by atoms with Crippen LogP contribution in [0.15, 0.2) is 67.7 Å². The lowest BCUT2D eigenvalue weighted by molar-refractivity contribution is 0.158. The van der Waals surface area contributed by atoms with Gasteiger partial charge in [-0.3, -0.25) is 9.89 Å². The van der Waals surface area contributed by atoms with Crippen LogP contribution in [0.2, 0.25) is 0 Å². The van der Waals surface area contributed by atoms with Gasteiger partial charge < -0.3 is 4.90 Å². The molecule has 0 amide bonds. The highest BCUT2D eigenvalue weighted by molar-refractivity contribution is 7.95. The Morgan fingerprint density at radius 2 is 1.81 bits per heavy atom. The molecule has 1 aromatic carbocycles. The summed E-state index contributed by atoms with van der Waals surface area (Å²) in [6.45, 7) is 6.93. The number of piperazine rings is 1. The van der Waals surface area contributed by atoms with Crippen molar-refractivity contribution in [2.24, 2.45) is 9.98 Å². The van der Waals surface area contributed by atoms with Crippen LogP contribution in [-0.4, -0.2) is 62.9 Å². The van der Waals surface area contributed by atoms with Gasteiger partial charge in [0.15, 0.2) is 0 Å². The van der Waals surface area contributed by atoms with Gasteiger partial charge >= 0.3 is 0 Å². The van der Waals surface area contributed by atoms with E-state index in [0.29, 0.717) is 16.9 Å². The summed E-state index contributed by atoms with van der Waals surface area (Å²) < 4.78 is 26.4. The van der Waals surface area contributed by atoms with E-state index in [-0.39, 0.29) is 4.91 Å². The molecule has 0 radical (unpaired) electrons. The van der Waals surface area contributed by atoms with E-state index in [2.05, 4.69) is 26.7 Å². The number of allylic oxidation sites excluding steroid dienone is 1. The van der Waals surface area contributed by atoms with Gasteiger partial charge in [0.2, 0.25) is 9.84 Å². The fourth-order valence-corrected chi connectivity index (χ4v) is 5.19. The minimum Gasteiger partial charge on any atom is -0.353 e. The van der Waals surface area contributed by atoms with Crippen LogP contribution < -0.4 is 0 Å². The van der Waals surface area contributed by atoms with Crippen molar-refractivity contribution < 1.29 is 8.42 Å². The largest absolute Gasteiger partial charge is 0.353 e. The normalized spacial score (nSPS) is 20.6. The Bertz CT molecular complexity index is 937. The van der Waals surface area contributed by atoms with E-state index in [4.69, 9.17) is 0 Å². The van der Waals surface area contributed by atoms with Crippen LogP contribution in [0.3, 0.4) is 0 Å². The first-order chi connectivity index (χ1) is 13.1. The van der Waals surface area contributed by atoms with E-state index in [0.717, 1.165) is 50.7 Å². The van der Waals surface area contributed by atoms with Gasteiger partial charge in [-0.25, -0.2) is 13.4 Å². The second-order valence-electron chi connectivity index (χ2n) is 6.93. The Balaban J connectivity index is 1.67. The fraction of sp³-hybridized carbons (Fsp3) is 0.400. The molecule has 0 saturated carbocycles. The molecule has 4 rings (SSSR count). The zero-order chi connectivity index (χ0) is 18.9. The molecule has 3 aliphatic rings. The Morgan fingerprint density at radius 3 is 2.52 bits per heavy atom. The third-order valence-electron chi connectivity index (χ3n) is 5.15. The lowest BCUT2D eigenvalue weighted by Gasteiger charge is -2.37. The molecule has 1 fully saturated rings. The molecule has 7 heteroatoms. The van der Waals surface area contributed by atoms with Crippen molar-refractivity contribution in [2.75, 3.05) is 32.7 Å². The standard InChI is InChI=1S/C20H24N4O2S/c1-2-10-23-11-13-24(14-12-23)20-19-17(8-9-21-20)22-15-18(19)27(25,26)16-6-4-3-5-7-16/h3-7,9,15H,2,8,10-14H2,1H3. The number of sulfone groups is 1. The Hall–Kier alpha value is -2.25. The second-order valence-corrected chi connectivity index (χ2v) is 8.85. The molecule has 1 aromatic rings. The summed E-state index contributed by atoms with van der Waals surface area (Å²) in [4.78, 5) is 14.2. The van der Waals surface area contributed by atoms with E-state index in [1.807, 2.05) is 12.3 Å². The average molecular weight is 385 g/mol. The SMILES string of the molecule is CCCN1CCN(C2=C3C(S(=O)(=O)c4ccccc4)=CN=C3CC=N2)CC1. The molecule has 0 atom stereocenters. The predicted octanol–water partition coefficient (Wildman–Crippen LogP) is 2.47. The molecular weight excluding hydrogens is 360 g/mol. The van der Waals surface area contributed by atoms with Crippen LogP contribution in [0.25, 0.3) is 0 Å². The summed E-state index contributed by atoms with van der Waals surface area (Å²) in [7, 11) is -3.62. The van der Waals surface area contributed by atoms with Crippen LogP contribution >= 0.6 is 0 Å². The highest BCUT2D eigenvalue weighted by Crippen LogP contribution is 2.35. The molecule has 3 heterocycles. The van der Waals surface area contributed by atoms with Crippen molar-refractivity contribution in [2.45, 2.75) is 24.7 Å². The zero-order valence-corrected chi connectivity index (χ0v) is 16.3. The van der Waals surface area contributed by atoms with E-state index >= 15 is 0 Å². The quantitative estimate of drug-likeness (QED) is 0.782. The molecule has 27 heavy (non-hydrogen) atoms. The van der Waals surface area contributed by atoms with Crippen molar-refractivity contribution in [3.8, 4) is 0 Å². The first-order valence-corrected chi connectivity index (χ1v) is 10.9. The molecule has 0 bridgehead atoms. The summed E-state index contributed by atoms with van der Waals surface area (Å²) in [5, 5.41) is 0. The summed E-state index contributed by atoms with van der Waals surface area (Å²) >= 11 is 0. The van der Waals surface area contributed by atoms with Crippen LogP contribution in [0.5, 0.6) is 0 Å². The smallest absolute Gasteiger partial charge is 0.208 e. The molecule has 3 aliphatic heterocycles. The summed E-state index contributed by atoms with van der Waals surface area (Å²) in [6, 6.07) is 8.56. The summed E-state index contributed by atoms with van der Waals surface area (Å²) in [5.74, 6) is 0.749. The zero-order valence-electron chi connectivity index (χ0n) is 15.5. The number of benzene rings is 1.